The summed E-state index contributed by atoms with van der Waals surface area (Å²) in [6, 6.07) is 12.2. The Kier molecular flexibility index (Phi) is 5.81. The molecule has 1 aliphatic carbocycles. The standard InChI is InChI=1S/C22H27ClN4O2/c1-24-21(28)26-10-2-3-20(14-26)27(19-8-9-19)22(29)25-13-15-4-5-17-12-18(23)7-6-16(17)11-15/h4-7,11-12,19-20H,2-3,8-10,13-14H2,1H3,(H,24,28)(H,25,29). The van der Waals surface area contributed by atoms with E-state index in [9.17, 15) is 9.59 Å². The fourth-order valence-electron chi connectivity index (χ4n) is 4.15. The Bertz CT molecular complexity index is 915. The Morgan fingerprint density at radius 2 is 1.86 bits per heavy atom. The van der Waals surface area contributed by atoms with Gasteiger partial charge in [-0.05, 0) is 60.2 Å². The van der Waals surface area contributed by atoms with E-state index in [1.807, 2.05) is 40.1 Å². The van der Waals surface area contributed by atoms with E-state index in [2.05, 4.69) is 16.7 Å². The number of urea groups is 2. The number of likely N-dealkylation sites (tertiary alicyclic amines) is 1. The fourth-order valence-corrected chi connectivity index (χ4v) is 4.33. The SMILES string of the molecule is CNC(=O)N1CCCC(N(C(=O)NCc2ccc3cc(Cl)ccc3c2)C2CC2)C1. The molecule has 0 aromatic heterocycles. The normalized spacial score (nSPS) is 19.1. The summed E-state index contributed by atoms with van der Waals surface area (Å²) in [6.07, 6.45) is 3.94. The number of amides is 4. The average Bonchev–Trinajstić information content (AvgIpc) is 3.57. The van der Waals surface area contributed by atoms with Crippen LogP contribution in [-0.2, 0) is 6.54 Å². The summed E-state index contributed by atoms with van der Waals surface area (Å²) < 4.78 is 0. The van der Waals surface area contributed by atoms with Crippen LogP contribution in [0.1, 0.15) is 31.2 Å². The molecule has 4 rings (SSSR count). The molecule has 0 spiro atoms. The minimum atomic E-state index is -0.0675. The molecule has 1 aliphatic heterocycles. The third-order valence-electron chi connectivity index (χ3n) is 5.78. The predicted molar refractivity (Wildman–Crippen MR) is 115 cm³/mol. The summed E-state index contributed by atoms with van der Waals surface area (Å²) in [7, 11) is 1.65. The van der Waals surface area contributed by atoms with Crippen LogP contribution in [0.25, 0.3) is 10.8 Å². The van der Waals surface area contributed by atoms with Crippen molar-refractivity contribution in [2.75, 3.05) is 20.1 Å². The highest BCUT2D eigenvalue weighted by molar-refractivity contribution is 6.31. The first-order valence-electron chi connectivity index (χ1n) is 10.3. The molecule has 154 valence electrons. The first kappa shape index (κ1) is 19.8. The number of nitrogens with zero attached hydrogens (tertiary/aromatic N) is 2. The van der Waals surface area contributed by atoms with Gasteiger partial charge in [-0.1, -0.05) is 29.8 Å². The van der Waals surface area contributed by atoms with Crippen molar-refractivity contribution in [3.63, 3.8) is 0 Å². The summed E-state index contributed by atoms with van der Waals surface area (Å²) in [4.78, 5) is 28.8. The molecule has 0 bridgehead atoms. The van der Waals surface area contributed by atoms with E-state index in [1.54, 1.807) is 7.05 Å². The minimum Gasteiger partial charge on any atom is -0.341 e. The molecule has 2 aliphatic rings. The number of carbonyl (C=O) groups is 2. The highest BCUT2D eigenvalue weighted by Crippen LogP contribution is 2.31. The van der Waals surface area contributed by atoms with Gasteiger partial charge in [0.1, 0.15) is 0 Å². The van der Waals surface area contributed by atoms with Gasteiger partial charge in [0.25, 0.3) is 0 Å². The van der Waals surface area contributed by atoms with Gasteiger partial charge in [-0.25, -0.2) is 9.59 Å². The van der Waals surface area contributed by atoms with E-state index in [0.717, 1.165) is 53.6 Å². The summed E-state index contributed by atoms with van der Waals surface area (Å²) >= 11 is 6.05. The van der Waals surface area contributed by atoms with Crippen LogP contribution in [0, 0.1) is 0 Å². The Labute approximate surface area is 176 Å². The second-order valence-electron chi connectivity index (χ2n) is 7.92. The first-order valence-corrected chi connectivity index (χ1v) is 10.6. The second-order valence-corrected chi connectivity index (χ2v) is 8.36. The van der Waals surface area contributed by atoms with E-state index in [-0.39, 0.29) is 18.1 Å². The van der Waals surface area contributed by atoms with Gasteiger partial charge in [0.15, 0.2) is 0 Å². The van der Waals surface area contributed by atoms with E-state index in [4.69, 9.17) is 11.6 Å². The van der Waals surface area contributed by atoms with Gasteiger partial charge < -0.3 is 20.4 Å². The lowest BCUT2D eigenvalue weighted by molar-refractivity contribution is 0.116. The molecule has 1 saturated heterocycles. The summed E-state index contributed by atoms with van der Waals surface area (Å²) in [6.45, 7) is 1.82. The molecular weight excluding hydrogens is 388 g/mol. The highest BCUT2D eigenvalue weighted by atomic mass is 35.5. The quantitative estimate of drug-likeness (QED) is 0.795. The van der Waals surface area contributed by atoms with Crippen LogP contribution in [-0.4, -0.2) is 54.1 Å². The third kappa shape index (κ3) is 4.58. The number of rotatable bonds is 4. The fraction of sp³-hybridized carbons (Fsp3) is 0.455. The number of halogens is 1. The maximum Gasteiger partial charge on any atom is 0.318 e. The molecule has 6 nitrogen and oxygen atoms in total. The van der Waals surface area contributed by atoms with E-state index >= 15 is 0 Å². The minimum absolute atomic E-state index is 0.0348. The lowest BCUT2D eigenvalue weighted by Gasteiger charge is -2.39. The van der Waals surface area contributed by atoms with Crippen LogP contribution in [0.4, 0.5) is 9.59 Å². The van der Waals surface area contributed by atoms with Gasteiger partial charge in [-0.2, -0.15) is 0 Å². The number of benzene rings is 2. The molecule has 2 fully saturated rings. The first-order chi connectivity index (χ1) is 14.0. The number of nitrogens with one attached hydrogen (secondary N) is 2. The van der Waals surface area contributed by atoms with Crippen LogP contribution in [0.15, 0.2) is 36.4 Å². The van der Waals surface area contributed by atoms with Crippen molar-refractivity contribution < 1.29 is 9.59 Å². The zero-order valence-electron chi connectivity index (χ0n) is 16.7. The topological polar surface area (TPSA) is 64.7 Å². The van der Waals surface area contributed by atoms with Gasteiger partial charge >= 0.3 is 12.1 Å². The zero-order chi connectivity index (χ0) is 20.4. The molecule has 2 aromatic rings. The van der Waals surface area contributed by atoms with E-state index in [1.165, 1.54) is 0 Å². The Morgan fingerprint density at radius 1 is 1.10 bits per heavy atom. The van der Waals surface area contributed by atoms with Crippen molar-refractivity contribution in [2.45, 2.75) is 44.3 Å². The number of hydrogen-bond acceptors (Lipinski definition) is 2. The summed E-state index contributed by atoms with van der Waals surface area (Å²) in [5.74, 6) is 0. The third-order valence-corrected chi connectivity index (χ3v) is 6.01. The van der Waals surface area contributed by atoms with Crippen molar-refractivity contribution >= 4 is 34.4 Å². The zero-order valence-corrected chi connectivity index (χ0v) is 17.4. The largest absolute Gasteiger partial charge is 0.341 e. The predicted octanol–water partition coefficient (Wildman–Crippen LogP) is 3.97. The average molecular weight is 415 g/mol. The maximum absolute atomic E-state index is 13.0. The number of hydrogen-bond donors (Lipinski definition) is 2. The molecule has 2 aromatic carbocycles. The van der Waals surface area contributed by atoms with E-state index < -0.39 is 0 Å². The van der Waals surface area contributed by atoms with Gasteiger partial charge in [0, 0.05) is 37.7 Å². The number of fused-ring (bicyclic) bond motifs is 1. The Hall–Kier alpha value is -2.47. The smallest absolute Gasteiger partial charge is 0.318 e. The van der Waals surface area contributed by atoms with Crippen LogP contribution < -0.4 is 10.6 Å². The maximum atomic E-state index is 13.0. The van der Waals surface area contributed by atoms with Crippen molar-refractivity contribution in [3.05, 3.63) is 47.0 Å². The molecule has 1 unspecified atom stereocenters. The summed E-state index contributed by atoms with van der Waals surface area (Å²) in [5, 5.41) is 8.70. The van der Waals surface area contributed by atoms with Crippen LogP contribution >= 0.6 is 11.6 Å². The monoisotopic (exact) mass is 414 g/mol. The molecule has 1 atom stereocenters. The molecule has 1 saturated carbocycles. The van der Waals surface area contributed by atoms with Gasteiger partial charge in [0.05, 0.1) is 6.04 Å². The molecule has 0 radical (unpaired) electrons. The van der Waals surface area contributed by atoms with Crippen molar-refractivity contribution in [1.29, 1.82) is 0 Å². The van der Waals surface area contributed by atoms with Gasteiger partial charge in [-0.3, -0.25) is 0 Å². The second kappa shape index (κ2) is 8.49. The number of carbonyl (C=O) groups excluding carboxylic acids is 2. The molecule has 4 amide bonds. The molecule has 29 heavy (non-hydrogen) atoms. The van der Waals surface area contributed by atoms with Crippen molar-refractivity contribution in [2.24, 2.45) is 0 Å². The van der Waals surface area contributed by atoms with Gasteiger partial charge in [0.2, 0.25) is 0 Å². The van der Waals surface area contributed by atoms with Crippen molar-refractivity contribution in [3.8, 4) is 0 Å². The van der Waals surface area contributed by atoms with Gasteiger partial charge in [-0.15, -0.1) is 0 Å². The lowest BCUT2D eigenvalue weighted by Crippen LogP contribution is -2.56. The molecule has 7 heteroatoms. The van der Waals surface area contributed by atoms with Crippen LogP contribution in [0.3, 0.4) is 0 Å². The highest BCUT2D eigenvalue weighted by Gasteiger charge is 2.39. The molecule has 2 N–H and O–H groups in total. The summed E-state index contributed by atoms with van der Waals surface area (Å²) in [5.41, 5.74) is 1.06. The van der Waals surface area contributed by atoms with Crippen molar-refractivity contribution in [1.82, 2.24) is 20.4 Å². The van der Waals surface area contributed by atoms with E-state index in [0.29, 0.717) is 19.1 Å². The van der Waals surface area contributed by atoms with Crippen LogP contribution in [0.5, 0.6) is 0 Å². The lowest BCUT2D eigenvalue weighted by atomic mass is 10.0. The Balaban J connectivity index is 1.41. The Morgan fingerprint density at radius 3 is 2.62 bits per heavy atom. The number of piperidine rings is 1. The van der Waals surface area contributed by atoms with Crippen LogP contribution in [0.2, 0.25) is 5.02 Å². The molecular formula is C22H27ClN4O2. The molecule has 1 heterocycles.